The van der Waals surface area contributed by atoms with Gasteiger partial charge in [0.15, 0.2) is 0 Å². The Hall–Kier alpha value is -1.05. The zero-order valence-electron chi connectivity index (χ0n) is 10.4. The van der Waals surface area contributed by atoms with Gasteiger partial charge in [-0.3, -0.25) is 0 Å². The predicted molar refractivity (Wildman–Crippen MR) is 68.7 cm³/mol. The molecule has 0 saturated carbocycles. The van der Waals surface area contributed by atoms with E-state index in [4.69, 9.17) is 0 Å². The Balaban J connectivity index is 2.19. The first-order valence-electron chi connectivity index (χ1n) is 6.54. The molecule has 1 aromatic heterocycles. The molecule has 0 bridgehead atoms. The third kappa shape index (κ3) is 2.21. The highest BCUT2D eigenvalue weighted by atomic mass is 15.2. The number of aromatic nitrogens is 1. The maximum absolute atomic E-state index is 4.50. The summed E-state index contributed by atoms with van der Waals surface area (Å²) in [5.74, 6) is 2.01. The van der Waals surface area contributed by atoms with Crippen LogP contribution in [0.2, 0.25) is 0 Å². The first-order chi connectivity index (χ1) is 7.86. The lowest BCUT2D eigenvalue weighted by Crippen LogP contribution is -2.45. The minimum Gasteiger partial charge on any atom is -0.353 e. The van der Waals surface area contributed by atoms with Gasteiger partial charge in [0, 0.05) is 18.8 Å². The second-order valence-corrected chi connectivity index (χ2v) is 4.67. The van der Waals surface area contributed by atoms with E-state index >= 15 is 0 Å². The molecule has 2 unspecified atom stereocenters. The molecule has 0 amide bonds. The lowest BCUT2D eigenvalue weighted by Gasteiger charge is -2.41. The average Bonchev–Trinajstić information content (AvgIpc) is 2.38. The van der Waals surface area contributed by atoms with Crippen molar-refractivity contribution in [1.82, 2.24) is 4.98 Å². The zero-order valence-corrected chi connectivity index (χ0v) is 10.4. The third-order valence-electron chi connectivity index (χ3n) is 3.80. The third-order valence-corrected chi connectivity index (χ3v) is 3.80. The monoisotopic (exact) mass is 218 g/mol. The van der Waals surface area contributed by atoms with Gasteiger partial charge in [0.05, 0.1) is 0 Å². The molecule has 1 aliphatic rings. The highest BCUT2D eigenvalue weighted by Crippen LogP contribution is 2.31. The van der Waals surface area contributed by atoms with Crippen LogP contribution in [0.5, 0.6) is 0 Å². The van der Waals surface area contributed by atoms with E-state index in [0.717, 1.165) is 11.7 Å². The summed E-state index contributed by atoms with van der Waals surface area (Å²) in [6.07, 6.45) is 7.12. The zero-order chi connectivity index (χ0) is 11.4. The topological polar surface area (TPSA) is 16.1 Å². The number of nitrogens with zero attached hydrogens (tertiary/aromatic N) is 2. The molecule has 2 rings (SSSR count). The van der Waals surface area contributed by atoms with Crippen molar-refractivity contribution >= 4 is 5.82 Å². The fourth-order valence-electron chi connectivity index (χ4n) is 2.97. The first kappa shape index (κ1) is 11.4. The molecule has 2 heteroatoms. The van der Waals surface area contributed by atoms with Crippen LogP contribution in [0.3, 0.4) is 0 Å². The van der Waals surface area contributed by atoms with Crippen molar-refractivity contribution in [1.29, 1.82) is 0 Å². The molecule has 1 saturated heterocycles. The summed E-state index contributed by atoms with van der Waals surface area (Å²) in [6, 6.07) is 6.91. The summed E-state index contributed by atoms with van der Waals surface area (Å²) < 4.78 is 0. The van der Waals surface area contributed by atoms with Crippen molar-refractivity contribution in [2.75, 3.05) is 11.4 Å². The van der Waals surface area contributed by atoms with Gasteiger partial charge < -0.3 is 4.90 Å². The smallest absolute Gasteiger partial charge is 0.128 e. The molecule has 2 nitrogen and oxygen atoms in total. The lowest BCUT2D eigenvalue weighted by atomic mass is 9.85. The predicted octanol–water partition coefficient (Wildman–Crippen LogP) is 3.49. The molecular formula is C14H22N2. The van der Waals surface area contributed by atoms with E-state index in [0.29, 0.717) is 6.04 Å². The van der Waals surface area contributed by atoms with Crippen LogP contribution in [-0.4, -0.2) is 17.6 Å². The van der Waals surface area contributed by atoms with Crippen LogP contribution in [0.15, 0.2) is 24.4 Å². The quantitative estimate of drug-likeness (QED) is 0.772. The number of anilines is 1. The maximum atomic E-state index is 4.50. The number of rotatable bonds is 3. The van der Waals surface area contributed by atoms with Crippen LogP contribution in [0.25, 0.3) is 0 Å². The number of piperidine rings is 1. The van der Waals surface area contributed by atoms with Gasteiger partial charge in [-0.2, -0.15) is 0 Å². The van der Waals surface area contributed by atoms with Crippen LogP contribution in [0.1, 0.15) is 39.5 Å². The molecule has 2 atom stereocenters. The summed E-state index contributed by atoms with van der Waals surface area (Å²) in [4.78, 5) is 7.01. The minimum absolute atomic E-state index is 0.689. The molecule has 0 aliphatic carbocycles. The van der Waals surface area contributed by atoms with Crippen molar-refractivity contribution < 1.29 is 0 Å². The lowest BCUT2D eigenvalue weighted by molar-refractivity contribution is 0.304. The average molecular weight is 218 g/mol. The highest BCUT2D eigenvalue weighted by molar-refractivity contribution is 5.40. The molecule has 2 heterocycles. The Kier molecular flexibility index (Phi) is 3.81. The summed E-state index contributed by atoms with van der Waals surface area (Å²) in [5, 5.41) is 0. The van der Waals surface area contributed by atoms with E-state index in [1.165, 1.54) is 32.2 Å². The van der Waals surface area contributed by atoms with Gasteiger partial charge in [-0.25, -0.2) is 4.98 Å². The number of pyridine rings is 1. The van der Waals surface area contributed by atoms with E-state index in [1.54, 1.807) is 0 Å². The van der Waals surface area contributed by atoms with Crippen molar-refractivity contribution in [3.63, 3.8) is 0 Å². The van der Waals surface area contributed by atoms with Crippen LogP contribution in [0.4, 0.5) is 5.82 Å². The van der Waals surface area contributed by atoms with E-state index in [1.807, 2.05) is 12.3 Å². The van der Waals surface area contributed by atoms with Crippen molar-refractivity contribution in [3.05, 3.63) is 24.4 Å². The minimum atomic E-state index is 0.689. The van der Waals surface area contributed by atoms with Crippen LogP contribution in [0, 0.1) is 5.92 Å². The van der Waals surface area contributed by atoms with E-state index in [2.05, 4.69) is 35.9 Å². The molecule has 0 N–H and O–H groups in total. The maximum Gasteiger partial charge on any atom is 0.128 e. The molecular weight excluding hydrogens is 196 g/mol. The van der Waals surface area contributed by atoms with E-state index < -0.39 is 0 Å². The largest absolute Gasteiger partial charge is 0.353 e. The van der Waals surface area contributed by atoms with Gasteiger partial charge in [-0.05, 0) is 37.3 Å². The highest BCUT2D eigenvalue weighted by Gasteiger charge is 2.29. The molecule has 16 heavy (non-hydrogen) atoms. The number of hydrogen-bond donors (Lipinski definition) is 0. The molecule has 88 valence electrons. The Morgan fingerprint density at radius 2 is 2.19 bits per heavy atom. The van der Waals surface area contributed by atoms with Gasteiger partial charge in [-0.1, -0.05) is 26.3 Å². The number of hydrogen-bond acceptors (Lipinski definition) is 2. The van der Waals surface area contributed by atoms with Crippen molar-refractivity contribution in [2.45, 2.75) is 45.6 Å². The van der Waals surface area contributed by atoms with Crippen LogP contribution < -0.4 is 4.90 Å². The molecule has 1 aromatic rings. The standard InChI is InChI=1S/C14H22N2/c1-3-12-8-7-11-16(13(12)4-2)14-9-5-6-10-15-14/h5-6,9-10,12-13H,3-4,7-8,11H2,1-2H3. The van der Waals surface area contributed by atoms with E-state index in [-0.39, 0.29) is 0 Å². The molecule has 1 aliphatic heterocycles. The van der Waals surface area contributed by atoms with Gasteiger partial charge >= 0.3 is 0 Å². The van der Waals surface area contributed by atoms with Gasteiger partial charge in [-0.15, -0.1) is 0 Å². The molecule has 0 spiro atoms. The van der Waals surface area contributed by atoms with Crippen LogP contribution >= 0.6 is 0 Å². The Morgan fingerprint density at radius 1 is 1.31 bits per heavy atom. The fraction of sp³-hybridized carbons (Fsp3) is 0.643. The Bertz CT molecular complexity index is 310. The van der Waals surface area contributed by atoms with Gasteiger partial charge in [0.2, 0.25) is 0 Å². The second-order valence-electron chi connectivity index (χ2n) is 4.67. The Labute approximate surface area is 98.7 Å². The van der Waals surface area contributed by atoms with E-state index in [9.17, 15) is 0 Å². The molecule has 0 radical (unpaired) electrons. The summed E-state index contributed by atoms with van der Waals surface area (Å²) in [7, 11) is 0. The normalized spacial score (nSPS) is 25.8. The van der Waals surface area contributed by atoms with Gasteiger partial charge in [0.25, 0.3) is 0 Å². The molecule has 1 fully saturated rings. The Morgan fingerprint density at radius 3 is 2.81 bits per heavy atom. The fourth-order valence-corrected chi connectivity index (χ4v) is 2.97. The summed E-state index contributed by atoms with van der Waals surface area (Å²) in [6.45, 7) is 5.79. The second kappa shape index (κ2) is 5.33. The van der Waals surface area contributed by atoms with Gasteiger partial charge in [0.1, 0.15) is 5.82 Å². The summed E-state index contributed by atoms with van der Waals surface area (Å²) >= 11 is 0. The van der Waals surface area contributed by atoms with Crippen molar-refractivity contribution in [2.24, 2.45) is 5.92 Å². The van der Waals surface area contributed by atoms with Crippen molar-refractivity contribution in [3.8, 4) is 0 Å². The molecule has 0 aromatic carbocycles. The SMILES string of the molecule is CCC1CCCN(c2ccccn2)C1CC. The first-order valence-corrected chi connectivity index (χ1v) is 6.54. The summed E-state index contributed by atoms with van der Waals surface area (Å²) in [5.41, 5.74) is 0. The van der Waals surface area contributed by atoms with Crippen LogP contribution in [-0.2, 0) is 0 Å².